The van der Waals surface area contributed by atoms with Crippen molar-refractivity contribution in [2.24, 2.45) is 0 Å². The molecule has 6 nitrogen and oxygen atoms in total. The Balaban J connectivity index is 1.92. The Kier molecular flexibility index (Phi) is 8.59. The quantitative estimate of drug-likeness (QED) is 0.589. The molecule has 1 atom stereocenters. The van der Waals surface area contributed by atoms with Crippen LogP contribution in [-0.2, 0) is 9.53 Å². The van der Waals surface area contributed by atoms with Gasteiger partial charge in [0.1, 0.15) is 11.5 Å². The van der Waals surface area contributed by atoms with E-state index in [9.17, 15) is 4.79 Å². The fourth-order valence-corrected chi connectivity index (χ4v) is 3.89. The van der Waals surface area contributed by atoms with Crippen molar-refractivity contribution in [2.75, 3.05) is 49.7 Å². The summed E-state index contributed by atoms with van der Waals surface area (Å²) >= 11 is 0. The number of carbonyl (C=O) groups is 1. The van der Waals surface area contributed by atoms with E-state index in [1.807, 2.05) is 56.3 Å². The molecule has 6 heteroatoms. The van der Waals surface area contributed by atoms with Crippen LogP contribution in [0, 0.1) is 0 Å². The van der Waals surface area contributed by atoms with Gasteiger partial charge in [-0.3, -0.25) is 4.79 Å². The van der Waals surface area contributed by atoms with Gasteiger partial charge in [-0.05, 0) is 25.8 Å². The first kappa shape index (κ1) is 22.9. The SMILES string of the molecule is CCC[C@H](C(=O)Nc1cc(OCC)c(N2CCOCC2)cc1OCC)c1ccccc1. The summed E-state index contributed by atoms with van der Waals surface area (Å²) in [4.78, 5) is 15.5. The minimum Gasteiger partial charge on any atom is -0.492 e. The van der Waals surface area contributed by atoms with Crippen molar-refractivity contribution in [3.8, 4) is 11.5 Å². The van der Waals surface area contributed by atoms with Gasteiger partial charge in [0.2, 0.25) is 5.91 Å². The molecular weight excluding hydrogens is 392 g/mol. The number of amides is 1. The molecule has 1 amide bonds. The average molecular weight is 427 g/mol. The van der Waals surface area contributed by atoms with E-state index in [4.69, 9.17) is 14.2 Å². The number of anilines is 2. The number of hydrogen-bond acceptors (Lipinski definition) is 5. The van der Waals surface area contributed by atoms with E-state index in [2.05, 4.69) is 17.1 Å². The molecule has 1 heterocycles. The van der Waals surface area contributed by atoms with Crippen LogP contribution in [0.25, 0.3) is 0 Å². The van der Waals surface area contributed by atoms with E-state index < -0.39 is 0 Å². The largest absolute Gasteiger partial charge is 0.492 e. The van der Waals surface area contributed by atoms with Crippen LogP contribution in [0.1, 0.15) is 45.1 Å². The third kappa shape index (κ3) is 5.91. The number of rotatable bonds is 10. The van der Waals surface area contributed by atoms with Gasteiger partial charge in [-0.2, -0.15) is 0 Å². The number of nitrogens with zero attached hydrogens (tertiary/aromatic N) is 1. The number of hydrogen-bond donors (Lipinski definition) is 1. The van der Waals surface area contributed by atoms with Gasteiger partial charge in [-0.1, -0.05) is 43.7 Å². The lowest BCUT2D eigenvalue weighted by molar-refractivity contribution is -0.117. The molecule has 0 unspecified atom stereocenters. The summed E-state index contributed by atoms with van der Waals surface area (Å²) in [6.07, 6.45) is 1.70. The summed E-state index contributed by atoms with van der Waals surface area (Å²) in [5, 5.41) is 3.12. The summed E-state index contributed by atoms with van der Waals surface area (Å²) < 4.78 is 17.4. The minimum atomic E-state index is -0.213. The maximum atomic E-state index is 13.3. The maximum absolute atomic E-state index is 13.3. The minimum absolute atomic E-state index is 0.0319. The predicted molar refractivity (Wildman–Crippen MR) is 125 cm³/mol. The molecule has 3 rings (SSSR count). The highest BCUT2D eigenvalue weighted by molar-refractivity contribution is 5.97. The van der Waals surface area contributed by atoms with Crippen molar-refractivity contribution in [3.63, 3.8) is 0 Å². The fraction of sp³-hybridized carbons (Fsp3) is 0.480. The lowest BCUT2D eigenvalue weighted by Gasteiger charge is -2.31. The Hall–Kier alpha value is -2.73. The second kappa shape index (κ2) is 11.6. The summed E-state index contributed by atoms with van der Waals surface area (Å²) in [5.74, 6) is 1.16. The Morgan fingerprint density at radius 1 is 1.03 bits per heavy atom. The van der Waals surface area contributed by atoms with E-state index in [0.29, 0.717) is 37.9 Å². The van der Waals surface area contributed by atoms with Crippen LogP contribution in [0.2, 0.25) is 0 Å². The van der Waals surface area contributed by atoms with Gasteiger partial charge in [0.15, 0.2) is 0 Å². The molecule has 31 heavy (non-hydrogen) atoms. The van der Waals surface area contributed by atoms with Gasteiger partial charge >= 0.3 is 0 Å². The second-order valence-corrected chi connectivity index (χ2v) is 7.52. The number of ether oxygens (including phenoxy) is 3. The van der Waals surface area contributed by atoms with Crippen LogP contribution < -0.4 is 19.7 Å². The van der Waals surface area contributed by atoms with Crippen molar-refractivity contribution >= 4 is 17.3 Å². The third-order valence-corrected chi connectivity index (χ3v) is 5.37. The molecule has 0 radical (unpaired) electrons. The summed E-state index contributed by atoms with van der Waals surface area (Å²) in [5.41, 5.74) is 2.64. The van der Waals surface area contributed by atoms with E-state index in [-0.39, 0.29) is 11.8 Å². The Labute approximate surface area is 185 Å². The van der Waals surface area contributed by atoms with Crippen molar-refractivity contribution < 1.29 is 19.0 Å². The standard InChI is InChI=1S/C25H34N2O4/c1-4-10-20(19-11-8-7-9-12-19)25(28)26-21-17-24(31-6-3)22(18-23(21)30-5-2)27-13-15-29-16-14-27/h7-9,11-12,17-18,20H,4-6,10,13-16H2,1-3H3,(H,26,28)/t20-/m0/s1. The summed E-state index contributed by atoms with van der Waals surface area (Å²) in [6, 6.07) is 13.8. The first-order chi connectivity index (χ1) is 15.2. The molecule has 168 valence electrons. The van der Waals surface area contributed by atoms with E-state index in [0.717, 1.165) is 42.9 Å². The zero-order chi connectivity index (χ0) is 22.1. The molecular formula is C25H34N2O4. The van der Waals surface area contributed by atoms with Gasteiger partial charge in [0.25, 0.3) is 0 Å². The van der Waals surface area contributed by atoms with Crippen LogP contribution in [0.3, 0.4) is 0 Å². The van der Waals surface area contributed by atoms with E-state index in [1.54, 1.807) is 0 Å². The molecule has 1 N–H and O–H groups in total. The van der Waals surface area contributed by atoms with Crippen molar-refractivity contribution in [2.45, 2.75) is 39.5 Å². The van der Waals surface area contributed by atoms with Crippen LogP contribution in [0.15, 0.2) is 42.5 Å². The molecule has 0 aromatic heterocycles. The van der Waals surface area contributed by atoms with Crippen LogP contribution >= 0.6 is 0 Å². The van der Waals surface area contributed by atoms with Crippen LogP contribution in [0.4, 0.5) is 11.4 Å². The highest BCUT2D eigenvalue weighted by Crippen LogP contribution is 2.40. The van der Waals surface area contributed by atoms with Gasteiger partial charge in [0.05, 0.1) is 43.7 Å². The molecule has 2 aromatic rings. The topological polar surface area (TPSA) is 60.0 Å². The van der Waals surface area contributed by atoms with E-state index in [1.165, 1.54) is 0 Å². The Morgan fingerprint density at radius 2 is 1.71 bits per heavy atom. The van der Waals surface area contributed by atoms with Crippen LogP contribution in [-0.4, -0.2) is 45.4 Å². The molecule has 0 spiro atoms. The average Bonchev–Trinajstić information content (AvgIpc) is 2.80. The van der Waals surface area contributed by atoms with Crippen molar-refractivity contribution in [3.05, 3.63) is 48.0 Å². The van der Waals surface area contributed by atoms with Crippen LogP contribution in [0.5, 0.6) is 11.5 Å². The zero-order valence-corrected chi connectivity index (χ0v) is 18.9. The smallest absolute Gasteiger partial charge is 0.232 e. The molecule has 0 saturated carbocycles. The predicted octanol–water partition coefficient (Wildman–Crippen LogP) is 4.84. The normalized spacial score (nSPS) is 14.7. The fourth-order valence-electron chi connectivity index (χ4n) is 3.89. The third-order valence-electron chi connectivity index (χ3n) is 5.37. The number of morpholine rings is 1. The summed E-state index contributed by atoms with van der Waals surface area (Å²) in [7, 11) is 0. The number of carbonyl (C=O) groups excluding carboxylic acids is 1. The highest BCUT2D eigenvalue weighted by atomic mass is 16.5. The lowest BCUT2D eigenvalue weighted by Crippen LogP contribution is -2.36. The molecule has 0 bridgehead atoms. The van der Waals surface area contributed by atoms with Crippen molar-refractivity contribution in [1.29, 1.82) is 0 Å². The molecule has 0 aliphatic carbocycles. The monoisotopic (exact) mass is 426 g/mol. The van der Waals surface area contributed by atoms with E-state index >= 15 is 0 Å². The molecule has 2 aromatic carbocycles. The number of nitrogens with one attached hydrogen (secondary N) is 1. The summed E-state index contributed by atoms with van der Waals surface area (Å²) in [6.45, 7) is 10.0. The number of benzene rings is 2. The van der Waals surface area contributed by atoms with Gasteiger partial charge < -0.3 is 24.4 Å². The lowest BCUT2D eigenvalue weighted by atomic mass is 9.93. The molecule has 1 fully saturated rings. The molecule has 1 aliphatic rings. The van der Waals surface area contributed by atoms with Crippen molar-refractivity contribution in [1.82, 2.24) is 0 Å². The first-order valence-electron chi connectivity index (χ1n) is 11.3. The molecule has 1 aliphatic heterocycles. The van der Waals surface area contributed by atoms with Gasteiger partial charge in [-0.15, -0.1) is 0 Å². The maximum Gasteiger partial charge on any atom is 0.232 e. The first-order valence-corrected chi connectivity index (χ1v) is 11.3. The van der Waals surface area contributed by atoms with Gasteiger partial charge in [-0.25, -0.2) is 0 Å². The zero-order valence-electron chi connectivity index (χ0n) is 18.9. The molecule has 1 saturated heterocycles. The highest BCUT2D eigenvalue weighted by Gasteiger charge is 2.24. The second-order valence-electron chi connectivity index (χ2n) is 7.52. The Morgan fingerprint density at radius 3 is 2.35 bits per heavy atom. The van der Waals surface area contributed by atoms with Gasteiger partial charge in [0, 0.05) is 25.2 Å². The Bertz CT molecular complexity index is 835.